The van der Waals surface area contributed by atoms with E-state index in [9.17, 15) is 5.11 Å². The standard InChI is InChI=1S/C16H23NO3/c1-5-13-7-8-14(20-13)12(3)17-10-16(4,18)15-9-6-11(2)19-15/h6-9,12,17-18H,5,10H2,1-4H3. The molecule has 0 radical (unpaired) electrons. The van der Waals surface area contributed by atoms with E-state index in [0.717, 1.165) is 23.7 Å². The van der Waals surface area contributed by atoms with Crippen LogP contribution in [0.5, 0.6) is 0 Å². The molecule has 2 atom stereocenters. The number of rotatable bonds is 6. The van der Waals surface area contributed by atoms with Gasteiger partial charge in [0, 0.05) is 13.0 Å². The molecule has 0 aliphatic heterocycles. The van der Waals surface area contributed by atoms with E-state index in [0.29, 0.717) is 12.3 Å². The first-order valence-electron chi connectivity index (χ1n) is 7.03. The van der Waals surface area contributed by atoms with E-state index in [2.05, 4.69) is 12.2 Å². The molecule has 4 heteroatoms. The molecule has 0 fully saturated rings. The predicted octanol–water partition coefficient (Wildman–Crippen LogP) is 3.30. The lowest BCUT2D eigenvalue weighted by atomic mass is 10.0. The zero-order valence-corrected chi connectivity index (χ0v) is 12.6. The highest BCUT2D eigenvalue weighted by Crippen LogP contribution is 2.24. The molecule has 0 spiro atoms. The molecule has 0 bridgehead atoms. The Bertz CT molecular complexity index is 554. The second kappa shape index (κ2) is 5.85. The molecule has 0 aromatic carbocycles. The zero-order valence-electron chi connectivity index (χ0n) is 12.6. The van der Waals surface area contributed by atoms with Gasteiger partial charge in [-0.05, 0) is 45.0 Å². The third-order valence-corrected chi connectivity index (χ3v) is 3.48. The van der Waals surface area contributed by atoms with Gasteiger partial charge in [0.15, 0.2) is 0 Å². The number of hydrogen-bond acceptors (Lipinski definition) is 4. The number of nitrogens with one attached hydrogen (secondary N) is 1. The fraction of sp³-hybridized carbons (Fsp3) is 0.500. The summed E-state index contributed by atoms with van der Waals surface area (Å²) in [4.78, 5) is 0. The van der Waals surface area contributed by atoms with Crippen LogP contribution in [0, 0.1) is 6.92 Å². The summed E-state index contributed by atoms with van der Waals surface area (Å²) in [6.45, 7) is 8.07. The third-order valence-electron chi connectivity index (χ3n) is 3.48. The van der Waals surface area contributed by atoms with Crippen LogP contribution < -0.4 is 5.32 Å². The molecule has 4 nitrogen and oxygen atoms in total. The normalized spacial score (nSPS) is 16.1. The maximum Gasteiger partial charge on any atom is 0.136 e. The summed E-state index contributed by atoms with van der Waals surface area (Å²) in [6.07, 6.45) is 0.885. The van der Waals surface area contributed by atoms with Crippen molar-refractivity contribution >= 4 is 0 Å². The number of aryl methyl sites for hydroxylation is 2. The summed E-state index contributed by atoms with van der Waals surface area (Å²) >= 11 is 0. The minimum atomic E-state index is -1.04. The zero-order chi connectivity index (χ0) is 14.8. The average molecular weight is 277 g/mol. The van der Waals surface area contributed by atoms with Crippen molar-refractivity contribution in [3.05, 3.63) is 47.3 Å². The van der Waals surface area contributed by atoms with Crippen molar-refractivity contribution in [3.8, 4) is 0 Å². The summed E-state index contributed by atoms with van der Waals surface area (Å²) in [7, 11) is 0. The van der Waals surface area contributed by atoms with Crippen LogP contribution in [0.25, 0.3) is 0 Å². The molecular weight excluding hydrogens is 254 g/mol. The Balaban J connectivity index is 1.97. The predicted molar refractivity (Wildman–Crippen MR) is 77.5 cm³/mol. The Morgan fingerprint density at radius 3 is 2.55 bits per heavy atom. The van der Waals surface area contributed by atoms with E-state index in [1.54, 1.807) is 6.92 Å². The molecule has 2 heterocycles. The summed E-state index contributed by atoms with van der Waals surface area (Å²) < 4.78 is 11.2. The number of hydrogen-bond donors (Lipinski definition) is 2. The van der Waals surface area contributed by atoms with Crippen molar-refractivity contribution in [2.45, 2.75) is 45.8 Å². The highest BCUT2D eigenvalue weighted by atomic mass is 16.4. The second-order valence-electron chi connectivity index (χ2n) is 5.44. The maximum absolute atomic E-state index is 10.5. The van der Waals surface area contributed by atoms with E-state index < -0.39 is 5.60 Å². The second-order valence-corrected chi connectivity index (χ2v) is 5.44. The van der Waals surface area contributed by atoms with Gasteiger partial charge in [-0.1, -0.05) is 6.92 Å². The monoisotopic (exact) mass is 277 g/mol. The molecule has 2 unspecified atom stereocenters. The molecular formula is C16H23NO3. The van der Waals surface area contributed by atoms with Crippen LogP contribution in [0.3, 0.4) is 0 Å². The molecule has 2 N–H and O–H groups in total. The Morgan fingerprint density at radius 1 is 1.25 bits per heavy atom. The van der Waals surface area contributed by atoms with Crippen LogP contribution >= 0.6 is 0 Å². The largest absolute Gasteiger partial charge is 0.464 e. The number of aliphatic hydroxyl groups is 1. The van der Waals surface area contributed by atoms with Crippen molar-refractivity contribution < 1.29 is 13.9 Å². The van der Waals surface area contributed by atoms with Crippen LogP contribution in [-0.2, 0) is 12.0 Å². The van der Waals surface area contributed by atoms with Crippen LogP contribution in [0.1, 0.15) is 49.9 Å². The van der Waals surface area contributed by atoms with Crippen molar-refractivity contribution in [1.82, 2.24) is 5.32 Å². The molecule has 0 aliphatic rings. The van der Waals surface area contributed by atoms with Crippen molar-refractivity contribution in [3.63, 3.8) is 0 Å². The smallest absolute Gasteiger partial charge is 0.136 e. The first-order chi connectivity index (χ1) is 9.42. The number of furan rings is 2. The first-order valence-corrected chi connectivity index (χ1v) is 7.03. The minimum Gasteiger partial charge on any atom is -0.464 e. The van der Waals surface area contributed by atoms with Crippen LogP contribution in [0.2, 0.25) is 0 Å². The lowest BCUT2D eigenvalue weighted by molar-refractivity contribution is 0.0306. The molecule has 0 amide bonds. The highest BCUT2D eigenvalue weighted by Gasteiger charge is 2.27. The fourth-order valence-corrected chi connectivity index (χ4v) is 2.08. The van der Waals surface area contributed by atoms with Crippen molar-refractivity contribution in [2.75, 3.05) is 6.54 Å². The summed E-state index contributed by atoms with van der Waals surface area (Å²) in [5.41, 5.74) is -1.04. The lowest BCUT2D eigenvalue weighted by Gasteiger charge is -2.23. The minimum absolute atomic E-state index is 0.0397. The third kappa shape index (κ3) is 3.32. The maximum atomic E-state index is 10.5. The lowest BCUT2D eigenvalue weighted by Crippen LogP contribution is -2.36. The van der Waals surface area contributed by atoms with Gasteiger partial charge >= 0.3 is 0 Å². The van der Waals surface area contributed by atoms with E-state index >= 15 is 0 Å². The SMILES string of the molecule is CCc1ccc(C(C)NCC(C)(O)c2ccc(C)o2)o1. The average Bonchev–Trinajstić information content (AvgIpc) is 3.04. The van der Waals surface area contributed by atoms with Gasteiger partial charge in [0.1, 0.15) is 28.6 Å². The van der Waals surface area contributed by atoms with Gasteiger partial charge in [-0.15, -0.1) is 0 Å². The molecule has 2 aromatic heterocycles. The molecule has 0 aliphatic carbocycles. The van der Waals surface area contributed by atoms with Gasteiger partial charge in [0.25, 0.3) is 0 Å². The summed E-state index contributed by atoms with van der Waals surface area (Å²) in [6, 6.07) is 7.67. The topological polar surface area (TPSA) is 58.5 Å². The summed E-state index contributed by atoms with van der Waals surface area (Å²) in [5, 5.41) is 13.7. The van der Waals surface area contributed by atoms with Gasteiger partial charge in [-0.3, -0.25) is 0 Å². The van der Waals surface area contributed by atoms with Crippen molar-refractivity contribution in [2.24, 2.45) is 0 Å². The van der Waals surface area contributed by atoms with Gasteiger partial charge in [0.2, 0.25) is 0 Å². The summed E-state index contributed by atoms with van der Waals surface area (Å²) in [5.74, 6) is 3.23. The van der Waals surface area contributed by atoms with Crippen LogP contribution in [-0.4, -0.2) is 11.7 Å². The highest BCUT2D eigenvalue weighted by molar-refractivity contribution is 5.14. The molecule has 2 rings (SSSR count). The fourth-order valence-electron chi connectivity index (χ4n) is 2.08. The van der Waals surface area contributed by atoms with E-state index in [-0.39, 0.29) is 6.04 Å². The molecule has 0 saturated carbocycles. The van der Waals surface area contributed by atoms with E-state index in [1.807, 2.05) is 38.1 Å². The van der Waals surface area contributed by atoms with Gasteiger partial charge in [-0.25, -0.2) is 0 Å². The Kier molecular flexibility index (Phi) is 4.35. The quantitative estimate of drug-likeness (QED) is 0.850. The molecule has 0 saturated heterocycles. The first kappa shape index (κ1) is 14.9. The van der Waals surface area contributed by atoms with E-state index in [1.165, 1.54) is 0 Å². The molecule has 20 heavy (non-hydrogen) atoms. The van der Waals surface area contributed by atoms with E-state index in [4.69, 9.17) is 8.83 Å². The van der Waals surface area contributed by atoms with Crippen LogP contribution in [0.4, 0.5) is 0 Å². The van der Waals surface area contributed by atoms with Crippen molar-refractivity contribution in [1.29, 1.82) is 0 Å². The Labute approximate surface area is 119 Å². The van der Waals surface area contributed by atoms with Crippen LogP contribution in [0.15, 0.2) is 33.1 Å². The molecule has 2 aromatic rings. The van der Waals surface area contributed by atoms with Gasteiger partial charge in [-0.2, -0.15) is 0 Å². The molecule has 110 valence electrons. The Morgan fingerprint density at radius 2 is 2.00 bits per heavy atom. The Hall–Kier alpha value is -1.52. The van der Waals surface area contributed by atoms with Gasteiger partial charge in [0.05, 0.1) is 6.04 Å². The van der Waals surface area contributed by atoms with Gasteiger partial charge < -0.3 is 19.3 Å².